The molecule has 5 nitrogen and oxygen atoms in total. The average molecular weight is 445 g/mol. The van der Waals surface area contributed by atoms with Crippen LogP contribution >= 0.6 is 0 Å². The van der Waals surface area contributed by atoms with Gasteiger partial charge in [0.15, 0.2) is 11.6 Å². The van der Waals surface area contributed by atoms with E-state index in [1.54, 1.807) is 12.3 Å². The normalized spacial score (nSPS) is 17.7. The molecule has 1 N–H and O–H groups in total. The van der Waals surface area contributed by atoms with Crippen LogP contribution in [0.5, 0.6) is 0 Å². The summed E-state index contributed by atoms with van der Waals surface area (Å²) in [5.74, 6) is -5.23. The van der Waals surface area contributed by atoms with E-state index < -0.39 is 29.0 Å². The molecule has 1 saturated carbocycles. The first-order chi connectivity index (χ1) is 15.3. The number of aryl methyl sites for hydroxylation is 1. The van der Waals surface area contributed by atoms with Crippen LogP contribution in [-0.4, -0.2) is 34.1 Å². The number of alkyl halides is 2. The minimum atomic E-state index is -3.46. The smallest absolute Gasteiger partial charge is 0.279 e. The highest BCUT2D eigenvalue weighted by Gasteiger charge is 2.45. The molecule has 168 valence electrons. The number of nitrogens with zero attached hydrogens (tertiary/aromatic N) is 4. The molecular formula is C23H23F4N5. The van der Waals surface area contributed by atoms with Gasteiger partial charge in [-0.3, -0.25) is 4.98 Å². The number of pyridine rings is 1. The van der Waals surface area contributed by atoms with Crippen LogP contribution in [-0.2, 0) is 5.92 Å². The van der Waals surface area contributed by atoms with E-state index in [0.29, 0.717) is 42.4 Å². The van der Waals surface area contributed by atoms with Crippen molar-refractivity contribution in [1.82, 2.24) is 15.0 Å². The summed E-state index contributed by atoms with van der Waals surface area (Å²) in [6.45, 7) is 2.49. The Labute approximate surface area is 182 Å². The maximum absolute atomic E-state index is 15.1. The number of piperidine rings is 1. The Kier molecular flexibility index (Phi) is 5.14. The summed E-state index contributed by atoms with van der Waals surface area (Å²) in [6, 6.07) is 4.36. The lowest BCUT2D eigenvalue weighted by Crippen LogP contribution is -2.40. The van der Waals surface area contributed by atoms with Gasteiger partial charge in [-0.1, -0.05) is 0 Å². The summed E-state index contributed by atoms with van der Waals surface area (Å²) in [6.07, 6.45) is 4.05. The lowest BCUT2D eigenvalue weighted by Gasteiger charge is -2.37. The quantitative estimate of drug-likeness (QED) is 0.548. The molecule has 2 fully saturated rings. The number of nitrogens with one attached hydrogen (secondary N) is 1. The Bertz CT molecular complexity index is 1160. The Morgan fingerprint density at radius 1 is 1.03 bits per heavy atom. The second-order valence-electron chi connectivity index (χ2n) is 8.59. The summed E-state index contributed by atoms with van der Waals surface area (Å²) < 4.78 is 57.7. The molecule has 0 unspecified atom stereocenters. The molecule has 1 aliphatic heterocycles. The molecule has 3 heterocycles. The number of hydrogen-bond donors (Lipinski definition) is 1. The third kappa shape index (κ3) is 3.84. The zero-order chi connectivity index (χ0) is 22.5. The highest BCUT2D eigenvalue weighted by Crippen LogP contribution is 2.44. The Hall–Kier alpha value is -2.97. The van der Waals surface area contributed by atoms with E-state index in [1.807, 2.05) is 11.8 Å². The van der Waals surface area contributed by atoms with Crippen molar-refractivity contribution in [3.63, 3.8) is 0 Å². The Balaban J connectivity index is 1.41. The molecule has 1 aliphatic carbocycles. The van der Waals surface area contributed by atoms with Crippen LogP contribution in [0.15, 0.2) is 30.5 Å². The maximum atomic E-state index is 15.1. The topological polar surface area (TPSA) is 53.9 Å². The molecule has 2 aromatic heterocycles. The van der Waals surface area contributed by atoms with Crippen LogP contribution in [0, 0.1) is 24.5 Å². The van der Waals surface area contributed by atoms with Gasteiger partial charge in [-0.15, -0.1) is 0 Å². The maximum Gasteiger partial charge on any atom is 0.279 e. The number of fused-ring (bicyclic) bond motifs is 1. The van der Waals surface area contributed by atoms with Gasteiger partial charge in [0.25, 0.3) is 5.92 Å². The third-order valence-electron chi connectivity index (χ3n) is 6.26. The summed E-state index contributed by atoms with van der Waals surface area (Å²) >= 11 is 0. The second-order valence-corrected chi connectivity index (χ2v) is 8.59. The number of hydrogen-bond acceptors (Lipinski definition) is 5. The summed E-state index contributed by atoms with van der Waals surface area (Å²) in [7, 11) is 0. The zero-order valence-corrected chi connectivity index (χ0v) is 17.6. The SMILES string of the molecule is Cc1nccc2nc(NC3CC3)c(N3CCC(C(F)(F)c4cc(F)ccc4F)CC3)nc12. The van der Waals surface area contributed by atoms with Crippen LogP contribution in [0.2, 0.25) is 0 Å². The predicted molar refractivity (Wildman–Crippen MR) is 114 cm³/mol. The molecule has 0 bridgehead atoms. The van der Waals surface area contributed by atoms with Crippen LogP contribution < -0.4 is 10.2 Å². The van der Waals surface area contributed by atoms with Gasteiger partial charge in [-0.05, 0) is 56.9 Å². The fraction of sp³-hybridized carbons (Fsp3) is 0.435. The molecule has 5 rings (SSSR count). The molecule has 0 radical (unpaired) electrons. The number of rotatable bonds is 5. The molecule has 9 heteroatoms. The van der Waals surface area contributed by atoms with Crippen LogP contribution in [0.1, 0.15) is 36.9 Å². The summed E-state index contributed by atoms with van der Waals surface area (Å²) in [4.78, 5) is 15.8. The van der Waals surface area contributed by atoms with Crippen molar-refractivity contribution >= 4 is 22.7 Å². The van der Waals surface area contributed by atoms with Gasteiger partial charge in [0.2, 0.25) is 0 Å². The fourth-order valence-corrected chi connectivity index (χ4v) is 4.27. The van der Waals surface area contributed by atoms with E-state index in [9.17, 15) is 8.78 Å². The molecule has 32 heavy (non-hydrogen) atoms. The molecular weight excluding hydrogens is 422 g/mol. The second kappa shape index (κ2) is 7.86. The number of anilines is 2. The lowest BCUT2D eigenvalue weighted by molar-refractivity contribution is -0.0763. The van der Waals surface area contributed by atoms with Gasteiger partial charge in [0.1, 0.15) is 17.2 Å². The van der Waals surface area contributed by atoms with Crippen molar-refractivity contribution in [1.29, 1.82) is 0 Å². The van der Waals surface area contributed by atoms with Gasteiger partial charge in [-0.2, -0.15) is 0 Å². The monoisotopic (exact) mass is 445 g/mol. The van der Waals surface area contributed by atoms with Crippen molar-refractivity contribution < 1.29 is 17.6 Å². The third-order valence-corrected chi connectivity index (χ3v) is 6.26. The summed E-state index contributed by atoms with van der Waals surface area (Å²) in [5, 5.41) is 3.40. The first-order valence-corrected chi connectivity index (χ1v) is 10.8. The van der Waals surface area contributed by atoms with Crippen LogP contribution in [0.25, 0.3) is 11.0 Å². The van der Waals surface area contributed by atoms with Gasteiger partial charge < -0.3 is 10.2 Å². The highest BCUT2D eigenvalue weighted by atomic mass is 19.3. The largest absolute Gasteiger partial charge is 0.364 e. The number of aromatic nitrogens is 3. The number of benzene rings is 1. The average Bonchev–Trinajstić information content (AvgIpc) is 3.59. The van der Waals surface area contributed by atoms with Crippen LogP contribution in [0.4, 0.5) is 29.2 Å². The van der Waals surface area contributed by atoms with Gasteiger partial charge in [0.05, 0.1) is 16.8 Å². The van der Waals surface area contributed by atoms with E-state index >= 15 is 8.78 Å². The molecule has 0 atom stereocenters. The molecule has 0 spiro atoms. The minimum absolute atomic E-state index is 0.123. The number of halogens is 4. The summed E-state index contributed by atoms with van der Waals surface area (Å²) in [5.41, 5.74) is 1.28. The van der Waals surface area contributed by atoms with E-state index in [0.717, 1.165) is 36.2 Å². The van der Waals surface area contributed by atoms with E-state index in [2.05, 4.69) is 10.3 Å². The van der Waals surface area contributed by atoms with E-state index in [4.69, 9.17) is 9.97 Å². The molecule has 1 saturated heterocycles. The van der Waals surface area contributed by atoms with Crippen LogP contribution in [0.3, 0.4) is 0 Å². The molecule has 3 aromatic rings. The van der Waals surface area contributed by atoms with Crippen molar-refractivity contribution in [2.24, 2.45) is 5.92 Å². The van der Waals surface area contributed by atoms with Gasteiger partial charge in [-0.25, -0.2) is 27.5 Å². The predicted octanol–water partition coefficient (Wildman–Crippen LogP) is 5.19. The van der Waals surface area contributed by atoms with Crippen molar-refractivity contribution in [2.75, 3.05) is 23.3 Å². The standard InChI is InChI=1S/C23H23F4N5/c1-13-20-19(6-9-28-13)30-21(29-16-3-4-16)22(31-20)32-10-7-14(8-11-32)23(26,27)17-12-15(24)2-5-18(17)25/h2,5-6,9,12,14,16H,3-4,7-8,10-11H2,1H3,(H,29,30). The molecule has 2 aliphatic rings. The van der Waals surface area contributed by atoms with E-state index in [-0.39, 0.29) is 12.8 Å². The van der Waals surface area contributed by atoms with E-state index in [1.165, 1.54) is 0 Å². The van der Waals surface area contributed by atoms with Gasteiger partial charge in [0, 0.05) is 31.2 Å². The first kappa shape index (κ1) is 20.9. The fourth-order valence-electron chi connectivity index (χ4n) is 4.27. The van der Waals surface area contributed by atoms with Crippen molar-refractivity contribution in [3.05, 3.63) is 53.4 Å². The lowest BCUT2D eigenvalue weighted by atomic mass is 9.86. The first-order valence-electron chi connectivity index (χ1n) is 10.8. The van der Waals surface area contributed by atoms with Gasteiger partial charge >= 0.3 is 0 Å². The van der Waals surface area contributed by atoms with Crippen molar-refractivity contribution in [2.45, 2.75) is 44.6 Å². The molecule has 1 aromatic carbocycles. The minimum Gasteiger partial charge on any atom is -0.364 e. The zero-order valence-electron chi connectivity index (χ0n) is 17.6. The van der Waals surface area contributed by atoms with Crippen molar-refractivity contribution in [3.8, 4) is 0 Å². The Morgan fingerprint density at radius 2 is 1.78 bits per heavy atom. The molecule has 0 amide bonds. The highest BCUT2D eigenvalue weighted by molar-refractivity contribution is 5.82. The Morgan fingerprint density at radius 3 is 2.50 bits per heavy atom.